The van der Waals surface area contributed by atoms with Crippen LogP contribution in [0.15, 0.2) is 42.7 Å². The van der Waals surface area contributed by atoms with E-state index >= 15 is 0 Å². The minimum Gasteiger partial charge on any atom is -0.493 e. The summed E-state index contributed by atoms with van der Waals surface area (Å²) in [6.45, 7) is 1.11. The van der Waals surface area contributed by atoms with Gasteiger partial charge in [0.05, 0.1) is 30.0 Å². The molecule has 1 aromatic carbocycles. The number of aromatic amines is 1. The van der Waals surface area contributed by atoms with E-state index in [2.05, 4.69) is 43.6 Å². The van der Waals surface area contributed by atoms with Crippen LogP contribution in [0.3, 0.4) is 0 Å². The molecule has 1 aliphatic rings. The Labute approximate surface area is 186 Å². The van der Waals surface area contributed by atoms with E-state index < -0.39 is 0 Å². The number of rotatable bonds is 5. The molecule has 0 bridgehead atoms. The Balaban J connectivity index is 1.39. The maximum absolute atomic E-state index is 12.9. The number of hydrogen-bond donors (Lipinski definition) is 3. The third kappa shape index (κ3) is 3.52. The standard InChI is InChI=1S/C24H26N6O2/c1-25-23-16-7-6-14(9-18(16)26-13-21(23)32-3)24(31)29-22-11-17-15(12-27-22)10-19(28-17)20-5-4-8-30(20)2/h6-7,9-13,20,28H,4-5,8H2,1-3H3,(H,25,26)(H,27,29,31)/t20-/m1/s1. The molecule has 3 N–H and O–H groups in total. The third-order valence-electron chi connectivity index (χ3n) is 6.21. The molecule has 3 aromatic heterocycles. The number of nitrogens with one attached hydrogen (secondary N) is 3. The zero-order valence-electron chi connectivity index (χ0n) is 18.4. The monoisotopic (exact) mass is 430 g/mol. The van der Waals surface area contributed by atoms with E-state index in [1.54, 1.807) is 31.6 Å². The molecule has 4 aromatic rings. The molecule has 0 spiro atoms. The number of ether oxygens (including phenoxy) is 1. The predicted molar refractivity (Wildman–Crippen MR) is 126 cm³/mol. The quantitative estimate of drug-likeness (QED) is 0.440. The number of amides is 1. The Morgan fingerprint density at radius 1 is 1.22 bits per heavy atom. The third-order valence-corrected chi connectivity index (χ3v) is 6.21. The Bertz CT molecular complexity index is 1310. The highest BCUT2D eigenvalue weighted by atomic mass is 16.5. The van der Waals surface area contributed by atoms with Crippen molar-refractivity contribution in [2.75, 3.05) is 38.4 Å². The number of carbonyl (C=O) groups is 1. The summed E-state index contributed by atoms with van der Waals surface area (Å²) in [6, 6.07) is 9.87. The minimum absolute atomic E-state index is 0.232. The molecule has 1 amide bonds. The first-order valence-electron chi connectivity index (χ1n) is 10.7. The van der Waals surface area contributed by atoms with Crippen molar-refractivity contribution >= 4 is 39.2 Å². The van der Waals surface area contributed by atoms with Crippen molar-refractivity contribution in [2.45, 2.75) is 18.9 Å². The lowest BCUT2D eigenvalue weighted by Crippen LogP contribution is -2.17. The Morgan fingerprint density at radius 3 is 2.84 bits per heavy atom. The number of hydrogen-bond acceptors (Lipinski definition) is 6. The fourth-order valence-electron chi connectivity index (χ4n) is 4.52. The summed E-state index contributed by atoms with van der Waals surface area (Å²) in [5, 5.41) is 7.97. The molecule has 1 aliphatic heterocycles. The summed E-state index contributed by atoms with van der Waals surface area (Å²) < 4.78 is 5.36. The van der Waals surface area contributed by atoms with Gasteiger partial charge in [-0.15, -0.1) is 0 Å². The van der Waals surface area contributed by atoms with Crippen molar-refractivity contribution in [2.24, 2.45) is 0 Å². The highest BCUT2D eigenvalue weighted by Gasteiger charge is 2.24. The number of likely N-dealkylation sites (tertiary alicyclic amines) is 1. The first kappa shape index (κ1) is 20.3. The number of anilines is 2. The molecule has 0 saturated carbocycles. The summed E-state index contributed by atoms with van der Waals surface area (Å²) in [7, 11) is 5.59. The van der Waals surface area contributed by atoms with Crippen molar-refractivity contribution in [3.05, 3.63) is 54.0 Å². The van der Waals surface area contributed by atoms with Crippen LogP contribution in [0, 0.1) is 0 Å². The van der Waals surface area contributed by atoms with E-state index in [-0.39, 0.29) is 5.91 Å². The van der Waals surface area contributed by atoms with Gasteiger partial charge in [0, 0.05) is 47.4 Å². The van der Waals surface area contributed by atoms with Gasteiger partial charge in [0.2, 0.25) is 0 Å². The van der Waals surface area contributed by atoms with Crippen molar-refractivity contribution in [1.82, 2.24) is 19.9 Å². The van der Waals surface area contributed by atoms with E-state index in [0.29, 0.717) is 28.7 Å². The molecule has 8 nitrogen and oxygen atoms in total. The van der Waals surface area contributed by atoms with Gasteiger partial charge in [-0.25, -0.2) is 4.98 Å². The molecule has 1 fully saturated rings. The number of nitrogens with zero attached hydrogens (tertiary/aromatic N) is 3. The molecule has 164 valence electrons. The zero-order valence-corrected chi connectivity index (χ0v) is 18.4. The highest BCUT2D eigenvalue weighted by molar-refractivity contribution is 6.07. The minimum atomic E-state index is -0.232. The molecule has 0 aliphatic carbocycles. The lowest BCUT2D eigenvalue weighted by Gasteiger charge is -2.17. The highest BCUT2D eigenvalue weighted by Crippen LogP contribution is 2.33. The first-order chi connectivity index (χ1) is 15.6. The molecule has 8 heteroatoms. The van der Waals surface area contributed by atoms with Crippen LogP contribution in [0.1, 0.15) is 34.9 Å². The summed E-state index contributed by atoms with van der Waals surface area (Å²) in [5.74, 6) is 0.933. The maximum Gasteiger partial charge on any atom is 0.256 e. The van der Waals surface area contributed by atoms with Crippen LogP contribution >= 0.6 is 0 Å². The molecule has 1 atom stereocenters. The second-order valence-electron chi connectivity index (χ2n) is 8.16. The summed E-state index contributed by atoms with van der Waals surface area (Å²) in [6.07, 6.45) is 5.81. The Morgan fingerprint density at radius 2 is 2.09 bits per heavy atom. The normalized spacial score (nSPS) is 16.5. The van der Waals surface area contributed by atoms with Crippen LogP contribution in [-0.4, -0.2) is 53.5 Å². The Kier molecular flexibility index (Phi) is 5.14. The van der Waals surface area contributed by atoms with Gasteiger partial charge < -0.3 is 20.4 Å². The van der Waals surface area contributed by atoms with Gasteiger partial charge in [0.15, 0.2) is 5.75 Å². The van der Waals surface area contributed by atoms with Crippen molar-refractivity contribution < 1.29 is 9.53 Å². The van der Waals surface area contributed by atoms with Crippen LogP contribution in [-0.2, 0) is 0 Å². The van der Waals surface area contributed by atoms with E-state index in [0.717, 1.165) is 34.9 Å². The molecule has 4 heterocycles. The van der Waals surface area contributed by atoms with Crippen LogP contribution in [0.4, 0.5) is 11.5 Å². The lowest BCUT2D eigenvalue weighted by molar-refractivity contribution is 0.102. The smallest absolute Gasteiger partial charge is 0.256 e. The van der Waals surface area contributed by atoms with Crippen molar-refractivity contribution in [3.8, 4) is 5.75 Å². The lowest BCUT2D eigenvalue weighted by atomic mass is 10.1. The van der Waals surface area contributed by atoms with Crippen LogP contribution in [0.2, 0.25) is 0 Å². The van der Waals surface area contributed by atoms with Crippen LogP contribution in [0.25, 0.3) is 21.8 Å². The van der Waals surface area contributed by atoms with Gasteiger partial charge in [-0.2, -0.15) is 0 Å². The van der Waals surface area contributed by atoms with Gasteiger partial charge in [-0.3, -0.25) is 14.7 Å². The number of carbonyl (C=O) groups excluding carboxylic acids is 1. The number of H-pyrrole nitrogens is 1. The zero-order chi connectivity index (χ0) is 22.2. The Hall–Kier alpha value is -3.65. The fraction of sp³-hybridized carbons (Fsp3) is 0.292. The van der Waals surface area contributed by atoms with Crippen molar-refractivity contribution in [3.63, 3.8) is 0 Å². The molecule has 32 heavy (non-hydrogen) atoms. The molecule has 5 rings (SSSR count). The van der Waals surface area contributed by atoms with Gasteiger partial charge in [-0.1, -0.05) is 0 Å². The van der Waals surface area contributed by atoms with Gasteiger partial charge >= 0.3 is 0 Å². The SMILES string of the molecule is CNc1c(OC)cnc2cc(C(=O)Nc3cc4[nH]c([C@H]5CCCN5C)cc4cn3)ccc12. The van der Waals surface area contributed by atoms with Crippen LogP contribution < -0.4 is 15.4 Å². The number of fused-ring (bicyclic) bond motifs is 2. The second kappa shape index (κ2) is 8.12. The number of aromatic nitrogens is 3. The van der Waals surface area contributed by atoms with E-state index in [1.165, 1.54) is 12.1 Å². The summed E-state index contributed by atoms with van der Waals surface area (Å²) >= 11 is 0. The average molecular weight is 431 g/mol. The molecular formula is C24H26N6O2. The first-order valence-corrected chi connectivity index (χ1v) is 10.7. The van der Waals surface area contributed by atoms with Crippen molar-refractivity contribution in [1.29, 1.82) is 0 Å². The molecular weight excluding hydrogens is 404 g/mol. The number of pyridine rings is 2. The second-order valence-corrected chi connectivity index (χ2v) is 8.16. The van der Waals surface area contributed by atoms with E-state index in [9.17, 15) is 4.79 Å². The van der Waals surface area contributed by atoms with E-state index in [1.807, 2.05) is 19.2 Å². The molecule has 1 saturated heterocycles. The van der Waals surface area contributed by atoms with Gasteiger partial charge in [-0.05, 0) is 50.7 Å². The van der Waals surface area contributed by atoms with Crippen LogP contribution in [0.5, 0.6) is 5.75 Å². The fourth-order valence-corrected chi connectivity index (χ4v) is 4.52. The molecule has 0 radical (unpaired) electrons. The van der Waals surface area contributed by atoms with E-state index in [4.69, 9.17) is 4.74 Å². The molecule has 0 unspecified atom stereocenters. The largest absolute Gasteiger partial charge is 0.493 e. The maximum atomic E-state index is 12.9. The number of methoxy groups -OCH3 is 1. The summed E-state index contributed by atoms with van der Waals surface area (Å²) in [5.41, 5.74) is 4.23. The van der Waals surface area contributed by atoms with Gasteiger partial charge in [0.25, 0.3) is 5.91 Å². The summed E-state index contributed by atoms with van der Waals surface area (Å²) in [4.78, 5) is 27.6. The average Bonchev–Trinajstić information content (AvgIpc) is 3.42. The predicted octanol–water partition coefficient (Wildman–Crippen LogP) is 4.18. The number of benzene rings is 1. The van der Waals surface area contributed by atoms with Gasteiger partial charge in [0.1, 0.15) is 5.82 Å². The topological polar surface area (TPSA) is 95.2 Å².